The van der Waals surface area contributed by atoms with Crippen molar-refractivity contribution >= 4 is 11.7 Å². The molecule has 1 aromatic rings. The first-order chi connectivity index (χ1) is 6.69. The number of carbonyl (C=O) groups is 1. The van der Waals surface area contributed by atoms with Crippen molar-refractivity contribution in [3.05, 3.63) is 18.2 Å². The number of hydrogen-bond donors (Lipinski definition) is 1. The highest BCUT2D eigenvalue weighted by Crippen LogP contribution is 2.32. The van der Waals surface area contributed by atoms with Crippen LogP contribution in [0.15, 0.2) is 18.2 Å². The summed E-state index contributed by atoms with van der Waals surface area (Å²) in [6, 6.07) is 5.08. The van der Waals surface area contributed by atoms with Crippen molar-refractivity contribution in [3.8, 4) is 11.5 Å². The Morgan fingerprint density at radius 1 is 1.50 bits per heavy atom. The first-order valence-electron chi connectivity index (χ1n) is 4.32. The van der Waals surface area contributed by atoms with Crippen LogP contribution < -0.4 is 15.2 Å². The van der Waals surface area contributed by atoms with E-state index in [1.54, 1.807) is 25.1 Å². The van der Waals surface area contributed by atoms with Gasteiger partial charge in [0.05, 0.1) is 12.8 Å². The smallest absolute Gasteiger partial charge is 0.311 e. The summed E-state index contributed by atoms with van der Waals surface area (Å²) >= 11 is 0. The number of nitrogen functional groups attached to an aromatic ring is 1. The zero-order valence-electron chi connectivity index (χ0n) is 8.24. The van der Waals surface area contributed by atoms with Gasteiger partial charge in [0.15, 0.2) is 11.5 Å². The Labute approximate surface area is 82.6 Å². The average molecular weight is 195 g/mol. The zero-order chi connectivity index (χ0) is 10.6. The average Bonchev–Trinajstić information content (AvgIpc) is 2.20. The topological polar surface area (TPSA) is 61.5 Å². The SMILES string of the molecule is CCC(=O)Oc1c(N)cccc1OC. The molecule has 4 nitrogen and oxygen atoms in total. The number of benzene rings is 1. The third-order valence-corrected chi connectivity index (χ3v) is 1.73. The molecule has 0 aliphatic carbocycles. The second kappa shape index (κ2) is 4.50. The van der Waals surface area contributed by atoms with Crippen LogP contribution in [0.4, 0.5) is 5.69 Å². The Morgan fingerprint density at radius 3 is 2.79 bits per heavy atom. The fourth-order valence-electron chi connectivity index (χ4n) is 0.989. The Bertz CT molecular complexity index is 336. The van der Waals surface area contributed by atoms with Crippen LogP contribution in [0.25, 0.3) is 0 Å². The predicted octanol–water partition coefficient (Wildman–Crippen LogP) is 1.59. The van der Waals surface area contributed by atoms with Gasteiger partial charge in [0, 0.05) is 6.42 Å². The van der Waals surface area contributed by atoms with Crippen LogP contribution >= 0.6 is 0 Å². The lowest BCUT2D eigenvalue weighted by Crippen LogP contribution is -2.08. The number of nitrogens with two attached hydrogens (primary N) is 1. The van der Waals surface area contributed by atoms with Crippen molar-refractivity contribution in [1.82, 2.24) is 0 Å². The number of anilines is 1. The summed E-state index contributed by atoms with van der Waals surface area (Å²) in [6.45, 7) is 1.72. The number of carbonyl (C=O) groups excluding carboxylic acids is 1. The van der Waals surface area contributed by atoms with E-state index in [-0.39, 0.29) is 5.97 Å². The molecule has 0 atom stereocenters. The van der Waals surface area contributed by atoms with Crippen molar-refractivity contribution in [3.63, 3.8) is 0 Å². The summed E-state index contributed by atoms with van der Waals surface area (Å²) in [5.41, 5.74) is 6.04. The van der Waals surface area contributed by atoms with Crippen LogP contribution in [0.2, 0.25) is 0 Å². The largest absolute Gasteiger partial charge is 0.493 e. The third kappa shape index (κ3) is 2.16. The van der Waals surface area contributed by atoms with Gasteiger partial charge in [0.25, 0.3) is 0 Å². The molecule has 76 valence electrons. The summed E-state index contributed by atoms with van der Waals surface area (Å²) in [5.74, 6) is 0.426. The fourth-order valence-corrected chi connectivity index (χ4v) is 0.989. The standard InChI is InChI=1S/C10H13NO3/c1-3-9(12)14-10-7(11)5-4-6-8(10)13-2/h4-6H,3,11H2,1-2H3. The molecule has 0 bridgehead atoms. The Hall–Kier alpha value is -1.71. The van der Waals surface area contributed by atoms with Crippen LogP contribution in [0.1, 0.15) is 13.3 Å². The number of methoxy groups -OCH3 is 1. The molecule has 0 aromatic heterocycles. The molecule has 0 fully saturated rings. The van der Waals surface area contributed by atoms with E-state index in [2.05, 4.69) is 0 Å². The molecule has 0 spiro atoms. The number of ether oxygens (including phenoxy) is 2. The van der Waals surface area contributed by atoms with Crippen molar-refractivity contribution in [2.24, 2.45) is 0 Å². The summed E-state index contributed by atoms with van der Waals surface area (Å²) in [6.07, 6.45) is 0.303. The minimum Gasteiger partial charge on any atom is -0.493 e. The van der Waals surface area contributed by atoms with E-state index in [0.717, 1.165) is 0 Å². The van der Waals surface area contributed by atoms with Crippen molar-refractivity contribution in [2.45, 2.75) is 13.3 Å². The number of rotatable bonds is 3. The molecule has 0 amide bonds. The maximum atomic E-state index is 11.1. The lowest BCUT2D eigenvalue weighted by atomic mass is 10.3. The van der Waals surface area contributed by atoms with E-state index in [9.17, 15) is 4.79 Å². The first-order valence-corrected chi connectivity index (χ1v) is 4.32. The minimum atomic E-state index is -0.332. The molecule has 0 saturated heterocycles. The predicted molar refractivity (Wildman–Crippen MR) is 53.3 cm³/mol. The molecule has 1 aromatic carbocycles. The second-order valence-electron chi connectivity index (χ2n) is 2.71. The Kier molecular flexibility index (Phi) is 3.34. The number of hydrogen-bond acceptors (Lipinski definition) is 4. The van der Waals surface area contributed by atoms with Gasteiger partial charge in [-0.1, -0.05) is 13.0 Å². The Morgan fingerprint density at radius 2 is 2.21 bits per heavy atom. The van der Waals surface area contributed by atoms with Crippen LogP contribution in [-0.2, 0) is 4.79 Å². The molecule has 0 aliphatic rings. The van der Waals surface area contributed by atoms with Gasteiger partial charge >= 0.3 is 5.97 Å². The van der Waals surface area contributed by atoms with Gasteiger partial charge in [-0.3, -0.25) is 4.79 Å². The molecule has 0 saturated carbocycles. The van der Waals surface area contributed by atoms with E-state index in [1.807, 2.05) is 0 Å². The highest BCUT2D eigenvalue weighted by molar-refractivity contribution is 5.76. The van der Waals surface area contributed by atoms with Gasteiger partial charge in [-0.15, -0.1) is 0 Å². The van der Waals surface area contributed by atoms with Crippen LogP contribution in [-0.4, -0.2) is 13.1 Å². The molecule has 0 unspecified atom stereocenters. The van der Waals surface area contributed by atoms with Gasteiger partial charge < -0.3 is 15.2 Å². The van der Waals surface area contributed by atoms with Crippen molar-refractivity contribution < 1.29 is 14.3 Å². The third-order valence-electron chi connectivity index (χ3n) is 1.73. The number of para-hydroxylation sites is 1. The summed E-state index contributed by atoms with van der Waals surface area (Å²) in [5, 5.41) is 0. The maximum absolute atomic E-state index is 11.1. The van der Waals surface area contributed by atoms with Crippen molar-refractivity contribution in [2.75, 3.05) is 12.8 Å². The highest BCUT2D eigenvalue weighted by Gasteiger charge is 2.11. The highest BCUT2D eigenvalue weighted by atomic mass is 16.6. The number of esters is 1. The minimum absolute atomic E-state index is 0.293. The van der Waals surface area contributed by atoms with Gasteiger partial charge in [0.1, 0.15) is 0 Å². The zero-order valence-corrected chi connectivity index (χ0v) is 8.24. The monoisotopic (exact) mass is 195 g/mol. The first kappa shape index (κ1) is 10.4. The summed E-state index contributed by atoms with van der Waals surface area (Å²) in [4.78, 5) is 11.1. The van der Waals surface area contributed by atoms with E-state index >= 15 is 0 Å². The lowest BCUT2D eigenvalue weighted by molar-refractivity contribution is -0.134. The van der Waals surface area contributed by atoms with Gasteiger partial charge in [-0.2, -0.15) is 0 Å². The molecular weight excluding hydrogens is 182 g/mol. The Balaban J connectivity index is 2.98. The van der Waals surface area contributed by atoms with Gasteiger partial charge in [-0.05, 0) is 12.1 Å². The lowest BCUT2D eigenvalue weighted by Gasteiger charge is -2.10. The molecule has 0 radical (unpaired) electrons. The molecule has 0 aliphatic heterocycles. The molecular formula is C10H13NO3. The van der Waals surface area contributed by atoms with E-state index < -0.39 is 0 Å². The molecule has 2 N–H and O–H groups in total. The fraction of sp³-hybridized carbons (Fsp3) is 0.300. The molecule has 14 heavy (non-hydrogen) atoms. The molecule has 0 heterocycles. The quantitative estimate of drug-likeness (QED) is 0.452. The van der Waals surface area contributed by atoms with Crippen LogP contribution in [0.3, 0.4) is 0 Å². The maximum Gasteiger partial charge on any atom is 0.311 e. The van der Waals surface area contributed by atoms with Gasteiger partial charge in [-0.25, -0.2) is 0 Å². The normalized spacial score (nSPS) is 9.57. The van der Waals surface area contributed by atoms with Crippen molar-refractivity contribution in [1.29, 1.82) is 0 Å². The van der Waals surface area contributed by atoms with E-state index in [1.165, 1.54) is 7.11 Å². The van der Waals surface area contributed by atoms with Crippen LogP contribution in [0.5, 0.6) is 11.5 Å². The van der Waals surface area contributed by atoms with Gasteiger partial charge in [0.2, 0.25) is 0 Å². The summed E-state index contributed by atoms with van der Waals surface area (Å²) < 4.78 is 10.0. The van der Waals surface area contributed by atoms with Crippen LogP contribution in [0, 0.1) is 0 Å². The van der Waals surface area contributed by atoms with E-state index in [4.69, 9.17) is 15.2 Å². The molecule has 4 heteroatoms. The molecule has 1 rings (SSSR count). The summed E-state index contributed by atoms with van der Waals surface area (Å²) in [7, 11) is 1.50. The second-order valence-corrected chi connectivity index (χ2v) is 2.71. The van der Waals surface area contributed by atoms with E-state index in [0.29, 0.717) is 23.6 Å².